The molecule has 1 saturated carbocycles. The van der Waals surface area contributed by atoms with E-state index in [1.807, 2.05) is 4.52 Å². The first-order chi connectivity index (χ1) is 14.5. The van der Waals surface area contributed by atoms with Gasteiger partial charge in [-0.15, -0.1) is 11.3 Å². The van der Waals surface area contributed by atoms with Gasteiger partial charge in [0, 0.05) is 16.1 Å². The summed E-state index contributed by atoms with van der Waals surface area (Å²) in [4.78, 5) is 5.37. The Morgan fingerprint density at radius 2 is 2.13 bits per heavy atom. The second-order valence-corrected chi connectivity index (χ2v) is 9.30. The average molecular weight is 423 g/mol. The van der Waals surface area contributed by atoms with Crippen molar-refractivity contribution in [2.75, 3.05) is 12.8 Å². The number of anilines is 1. The van der Waals surface area contributed by atoms with Gasteiger partial charge in [-0.1, -0.05) is 12.5 Å². The van der Waals surface area contributed by atoms with Crippen LogP contribution in [0.5, 0.6) is 5.75 Å². The van der Waals surface area contributed by atoms with E-state index in [4.69, 9.17) is 10.5 Å². The minimum atomic E-state index is -0.173. The maximum absolute atomic E-state index is 10.2. The predicted molar refractivity (Wildman–Crippen MR) is 121 cm³/mol. The Morgan fingerprint density at radius 1 is 1.27 bits per heavy atom. The number of aliphatic hydroxyl groups is 1. The minimum Gasteiger partial charge on any atom is -0.495 e. The van der Waals surface area contributed by atoms with Gasteiger partial charge < -0.3 is 15.6 Å². The summed E-state index contributed by atoms with van der Waals surface area (Å²) >= 11 is 1.70. The zero-order valence-corrected chi connectivity index (χ0v) is 18.1. The fourth-order valence-electron chi connectivity index (χ4n) is 4.73. The molecular weight excluding hydrogens is 396 g/mol. The van der Waals surface area contributed by atoms with Crippen LogP contribution in [-0.4, -0.2) is 32.9 Å². The van der Waals surface area contributed by atoms with Gasteiger partial charge in [0.15, 0.2) is 5.82 Å². The van der Waals surface area contributed by atoms with E-state index in [-0.39, 0.29) is 6.10 Å². The Balaban J connectivity index is 1.60. The van der Waals surface area contributed by atoms with Gasteiger partial charge >= 0.3 is 0 Å². The number of benzene rings is 1. The van der Waals surface area contributed by atoms with E-state index in [0.29, 0.717) is 11.7 Å². The Kier molecular flexibility index (Phi) is 4.87. The summed E-state index contributed by atoms with van der Waals surface area (Å²) in [6, 6.07) is 8.63. The summed E-state index contributed by atoms with van der Waals surface area (Å²) in [5.74, 6) is 1.74. The van der Waals surface area contributed by atoms with Crippen LogP contribution in [0.2, 0.25) is 0 Å². The number of fused-ring (bicyclic) bond motifs is 2. The number of nitrogen functional groups attached to an aromatic ring is 1. The third-order valence-corrected chi connectivity index (χ3v) is 7.46. The smallest absolute Gasteiger partial charge is 0.152 e. The Bertz CT molecular complexity index is 1230. The molecule has 5 rings (SSSR count). The molecule has 7 heteroatoms. The summed E-state index contributed by atoms with van der Waals surface area (Å²) < 4.78 is 8.66. The molecule has 3 N–H and O–H groups in total. The first-order valence-electron chi connectivity index (χ1n) is 10.4. The van der Waals surface area contributed by atoms with Crippen LogP contribution in [0, 0.1) is 12.8 Å². The van der Waals surface area contributed by atoms with Gasteiger partial charge in [-0.05, 0) is 67.7 Å². The maximum Gasteiger partial charge on any atom is 0.152 e. The van der Waals surface area contributed by atoms with Crippen LogP contribution in [0.4, 0.5) is 5.82 Å². The van der Waals surface area contributed by atoms with Crippen LogP contribution in [0.25, 0.3) is 26.0 Å². The van der Waals surface area contributed by atoms with Crippen LogP contribution in [-0.2, 0) is 6.42 Å². The summed E-state index contributed by atoms with van der Waals surface area (Å²) in [5.41, 5.74) is 10.5. The van der Waals surface area contributed by atoms with E-state index < -0.39 is 0 Å². The van der Waals surface area contributed by atoms with Crippen LogP contribution >= 0.6 is 11.3 Å². The highest BCUT2D eigenvalue weighted by Gasteiger charge is 2.26. The van der Waals surface area contributed by atoms with Crippen molar-refractivity contribution in [2.45, 2.75) is 45.1 Å². The second-order valence-electron chi connectivity index (χ2n) is 8.25. The lowest BCUT2D eigenvalue weighted by molar-refractivity contribution is 0.128. The molecular formula is C23H26N4O2S. The van der Waals surface area contributed by atoms with Gasteiger partial charge in [0.25, 0.3) is 0 Å². The predicted octanol–water partition coefficient (Wildman–Crippen LogP) is 4.60. The van der Waals surface area contributed by atoms with Crippen LogP contribution in [0.3, 0.4) is 0 Å². The lowest BCUT2D eigenvalue weighted by atomic mass is 9.98. The van der Waals surface area contributed by atoms with Crippen molar-refractivity contribution < 1.29 is 9.84 Å². The Labute approximate surface area is 179 Å². The first-order valence-corrected chi connectivity index (χ1v) is 11.2. The van der Waals surface area contributed by atoms with E-state index in [2.05, 4.69) is 41.3 Å². The largest absolute Gasteiger partial charge is 0.495 e. The lowest BCUT2D eigenvalue weighted by Gasteiger charge is -2.13. The van der Waals surface area contributed by atoms with E-state index >= 15 is 0 Å². The molecule has 1 fully saturated rings. The number of nitrogens with zero attached hydrogens (tertiary/aromatic N) is 3. The van der Waals surface area contributed by atoms with Crippen molar-refractivity contribution in [3.8, 4) is 16.2 Å². The Hall–Kier alpha value is -2.64. The van der Waals surface area contributed by atoms with Crippen LogP contribution in [0.15, 0.2) is 30.6 Å². The molecule has 2 unspecified atom stereocenters. The molecule has 0 spiro atoms. The number of hydrogen-bond acceptors (Lipinski definition) is 6. The van der Waals surface area contributed by atoms with Crippen molar-refractivity contribution in [3.05, 3.63) is 41.9 Å². The molecule has 1 aliphatic rings. The Morgan fingerprint density at radius 3 is 2.90 bits per heavy atom. The van der Waals surface area contributed by atoms with Gasteiger partial charge in [-0.2, -0.15) is 5.10 Å². The molecule has 0 bridgehead atoms. The lowest BCUT2D eigenvalue weighted by Crippen LogP contribution is -2.14. The normalized spacial score (nSPS) is 19.2. The SMILES string of the molecule is COc1cc(C)cc2cc(-c3cc(CCC4CCCC4O)n4ncnc(N)c34)sc12. The number of hydrogen-bond donors (Lipinski definition) is 2. The van der Waals surface area contributed by atoms with Gasteiger partial charge in [-0.3, -0.25) is 0 Å². The van der Waals surface area contributed by atoms with Gasteiger partial charge in [0.1, 0.15) is 17.6 Å². The van der Waals surface area contributed by atoms with E-state index in [0.717, 1.165) is 69.6 Å². The zero-order valence-electron chi connectivity index (χ0n) is 17.3. The number of aliphatic hydroxyl groups excluding tert-OH is 1. The monoisotopic (exact) mass is 422 g/mol. The quantitative estimate of drug-likeness (QED) is 0.491. The topological polar surface area (TPSA) is 85.7 Å². The number of aryl methyl sites for hydroxylation is 2. The number of methoxy groups -OCH3 is 1. The van der Waals surface area contributed by atoms with Gasteiger partial charge in [0.05, 0.1) is 17.9 Å². The third-order valence-electron chi connectivity index (χ3n) is 6.26. The first kappa shape index (κ1) is 19.3. The summed E-state index contributed by atoms with van der Waals surface area (Å²) in [5, 5.41) is 15.9. The molecule has 3 aromatic heterocycles. The number of thiophene rings is 1. The molecule has 0 aliphatic heterocycles. The third kappa shape index (κ3) is 3.22. The fraction of sp³-hybridized carbons (Fsp3) is 0.391. The summed E-state index contributed by atoms with van der Waals surface area (Å²) in [7, 11) is 1.71. The minimum absolute atomic E-state index is 0.173. The standard InChI is InChI=1S/C23H26N4O2S/c1-13-8-15-10-20(30-22(15)19(9-13)29-2)17-11-16(7-6-14-4-3-5-18(14)28)27-21(17)23(24)25-12-26-27/h8-12,14,18,28H,3-7H2,1-2H3,(H2,24,25,26). The van der Waals surface area contributed by atoms with E-state index in [1.54, 1.807) is 18.4 Å². The van der Waals surface area contributed by atoms with Gasteiger partial charge in [0.2, 0.25) is 0 Å². The number of ether oxygens (including phenoxy) is 1. The van der Waals surface area contributed by atoms with Crippen molar-refractivity contribution in [2.24, 2.45) is 5.92 Å². The van der Waals surface area contributed by atoms with Gasteiger partial charge in [-0.25, -0.2) is 9.50 Å². The molecule has 1 aromatic carbocycles. The number of nitrogens with two attached hydrogens (primary N) is 1. The van der Waals surface area contributed by atoms with Crippen molar-refractivity contribution in [1.29, 1.82) is 0 Å². The molecule has 30 heavy (non-hydrogen) atoms. The highest BCUT2D eigenvalue weighted by atomic mass is 32.1. The molecule has 3 heterocycles. The fourth-order valence-corrected chi connectivity index (χ4v) is 5.88. The molecule has 1 aliphatic carbocycles. The zero-order chi connectivity index (χ0) is 20.8. The summed E-state index contributed by atoms with van der Waals surface area (Å²) in [6.45, 7) is 2.08. The van der Waals surface area contributed by atoms with Crippen LogP contribution < -0.4 is 10.5 Å². The molecule has 0 radical (unpaired) electrons. The molecule has 0 saturated heterocycles. The van der Waals surface area contributed by atoms with E-state index in [9.17, 15) is 5.11 Å². The molecule has 4 aromatic rings. The van der Waals surface area contributed by atoms with Crippen molar-refractivity contribution in [3.63, 3.8) is 0 Å². The summed E-state index contributed by atoms with van der Waals surface area (Å²) in [6.07, 6.45) is 6.28. The van der Waals surface area contributed by atoms with E-state index in [1.165, 1.54) is 11.9 Å². The molecule has 156 valence electrons. The second kappa shape index (κ2) is 7.56. The molecule has 0 amide bonds. The van der Waals surface area contributed by atoms with Crippen molar-refractivity contribution in [1.82, 2.24) is 14.6 Å². The van der Waals surface area contributed by atoms with Crippen molar-refractivity contribution >= 4 is 32.8 Å². The number of rotatable bonds is 5. The molecule has 2 atom stereocenters. The molecule has 6 nitrogen and oxygen atoms in total. The van der Waals surface area contributed by atoms with Crippen LogP contribution in [0.1, 0.15) is 36.9 Å². The maximum atomic E-state index is 10.2. The highest BCUT2D eigenvalue weighted by Crippen LogP contribution is 2.42. The number of aromatic nitrogens is 3. The average Bonchev–Trinajstić information content (AvgIpc) is 3.42. The highest BCUT2D eigenvalue weighted by molar-refractivity contribution is 7.22.